The first-order valence-corrected chi connectivity index (χ1v) is 7.09. The lowest BCUT2D eigenvalue weighted by atomic mass is 9.93. The van der Waals surface area contributed by atoms with E-state index in [4.69, 9.17) is 0 Å². The van der Waals surface area contributed by atoms with Gasteiger partial charge in [-0.1, -0.05) is 0 Å². The number of piperidine rings is 1. The highest BCUT2D eigenvalue weighted by molar-refractivity contribution is 9.10. The Morgan fingerprint density at radius 1 is 1.47 bits per heavy atom. The van der Waals surface area contributed by atoms with E-state index < -0.39 is 0 Å². The van der Waals surface area contributed by atoms with Gasteiger partial charge in [0.1, 0.15) is 0 Å². The minimum absolute atomic E-state index is 0.888. The van der Waals surface area contributed by atoms with Crippen LogP contribution >= 0.6 is 15.9 Å². The molecule has 0 radical (unpaired) electrons. The second-order valence-electron chi connectivity index (χ2n) is 4.65. The summed E-state index contributed by atoms with van der Waals surface area (Å²) < 4.78 is 1.11. The third-order valence-electron chi connectivity index (χ3n) is 3.51. The molecule has 0 atom stereocenters. The van der Waals surface area contributed by atoms with Gasteiger partial charge in [0.25, 0.3) is 0 Å². The number of nitrogens with zero attached hydrogens (tertiary/aromatic N) is 2. The number of pyridine rings is 1. The molecular weight excluding hydrogens is 278 g/mol. The standard InChI is InChI=1S/C13H20BrN3/c1-15-6-2-11-4-8-17(9-5-11)13-3-7-16-10-12(13)14/h3,7,10-11,15H,2,4-6,8-9H2,1H3. The van der Waals surface area contributed by atoms with Crippen LogP contribution in [0.2, 0.25) is 0 Å². The van der Waals surface area contributed by atoms with E-state index in [1.54, 1.807) is 0 Å². The van der Waals surface area contributed by atoms with Crippen molar-refractivity contribution in [2.45, 2.75) is 19.3 Å². The van der Waals surface area contributed by atoms with Gasteiger partial charge in [0.2, 0.25) is 0 Å². The molecule has 1 aliphatic rings. The van der Waals surface area contributed by atoms with Gasteiger partial charge >= 0.3 is 0 Å². The Kier molecular flexibility index (Phi) is 4.80. The maximum Gasteiger partial charge on any atom is 0.0592 e. The molecule has 3 nitrogen and oxygen atoms in total. The van der Waals surface area contributed by atoms with Gasteiger partial charge in [-0.15, -0.1) is 0 Å². The molecule has 0 unspecified atom stereocenters. The molecule has 1 aromatic rings. The molecule has 0 aromatic carbocycles. The van der Waals surface area contributed by atoms with Crippen molar-refractivity contribution in [3.05, 3.63) is 22.9 Å². The minimum atomic E-state index is 0.888. The Morgan fingerprint density at radius 2 is 2.24 bits per heavy atom. The number of rotatable bonds is 4. The molecule has 0 aliphatic carbocycles. The second-order valence-corrected chi connectivity index (χ2v) is 5.50. The van der Waals surface area contributed by atoms with Gasteiger partial charge in [-0.2, -0.15) is 0 Å². The molecule has 2 heterocycles. The molecule has 1 aliphatic heterocycles. The number of nitrogens with one attached hydrogen (secondary N) is 1. The van der Waals surface area contributed by atoms with E-state index in [1.807, 2.05) is 19.4 Å². The lowest BCUT2D eigenvalue weighted by molar-refractivity contribution is 0.378. The smallest absolute Gasteiger partial charge is 0.0592 e. The summed E-state index contributed by atoms with van der Waals surface area (Å²) in [6.45, 7) is 3.47. The topological polar surface area (TPSA) is 28.2 Å². The molecule has 0 saturated carbocycles. The predicted molar refractivity (Wildman–Crippen MR) is 75.4 cm³/mol. The van der Waals surface area contributed by atoms with Crippen LogP contribution in [0.5, 0.6) is 0 Å². The van der Waals surface area contributed by atoms with Crippen molar-refractivity contribution in [2.24, 2.45) is 5.92 Å². The van der Waals surface area contributed by atoms with Crippen LogP contribution in [0.15, 0.2) is 22.9 Å². The first-order valence-electron chi connectivity index (χ1n) is 6.30. The van der Waals surface area contributed by atoms with Crippen molar-refractivity contribution in [2.75, 3.05) is 31.6 Å². The second kappa shape index (κ2) is 6.36. The molecule has 0 amide bonds. The number of hydrogen-bond acceptors (Lipinski definition) is 3. The molecule has 1 aromatic heterocycles. The average Bonchev–Trinajstić information content (AvgIpc) is 2.38. The van der Waals surface area contributed by atoms with E-state index in [2.05, 4.69) is 37.2 Å². The summed E-state index contributed by atoms with van der Waals surface area (Å²) in [6.07, 6.45) is 7.66. The first-order chi connectivity index (χ1) is 8.31. The molecular formula is C13H20BrN3. The van der Waals surface area contributed by atoms with Crippen molar-refractivity contribution in [1.29, 1.82) is 0 Å². The third-order valence-corrected chi connectivity index (χ3v) is 4.12. The van der Waals surface area contributed by atoms with Crippen LogP contribution in [0.4, 0.5) is 5.69 Å². The zero-order valence-corrected chi connectivity index (χ0v) is 11.9. The fraction of sp³-hybridized carbons (Fsp3) is 0.615. The maximum atomic E-state index is 4.11. The molecule has 1 N–H and O–H groups in total. The highest BCUT2D eigenvalue weighted by Gasteiger charge is 2.20. The average molecular weight is 298 g/mol. The van der Waals surface area contributed by atoms with Crippen molar-refractivity contribution in [3.8, 4) is 0 Å². The Balaban J connectivity index is 1.89. The summed E-state index contributed by atoms with van der Waals surface area (Å²) in [5, 5.41) is 3.24. The van der Waals surface area contributed by atoms with Gasteiger partial charge < -0.3 is 10.2 Å². The van der Waals surface area contributed by atoms with Crippen LogP contribution in [0.3, 0.4) is 0 Å². The summed E-state index contributed by atoms with van der Waals surface area (Å²) in [5.74, 6) is 0.888. The Labute approximate surface area is 112 Å². The van der Waals surface area contributed by atoms with Crippen LogP contribution in [-0.4, -0.2) is 31.7 Å². The molecule has 2 rings (SSSR count). The van der Waals surface area contributed by atoms with Crippen molar-refractivity contribution in [1.82, 2.24) is 10.3 Å². The van der Waals surface area contributed by atoms with Crippen LogP contribution in [-0.2, 0) is 0 Å². The van der Waals surface area contributed by atoms with Crippen LogP contribution in [0.25, 0.3) is 0 Å². The van der Waals surface area contributed by atoms with E-state index in [0.29, 0.717) is 0 Å². The summed E-state index contributed by atoms with van der Waals surface area (Å²) in [7, 11) is 2.03. The molecule has 1 saturated heterocycles. The van der Waals surface area contributed by atoms with E-state index >= 15 is 0 Å². The van der Waals surface area contributed by atoms with Gasteiger partial charge in [0.15, 0.2) is 0 Å². The molecule has 1 fully saturated rings. The Bertz CT molecular complexity index is 348. The lowest BCUT2D eigenvalue weighted by Crippen LogP contribution is -2.34. The van der Waals surface area contributed by atoms with Crippen LogP contribution in [0.1, 0.15) is 19.3 Å². The predicted octanol–water partition coefficient (Wildman–Crippen LogP) is 2.67. The number of hydrogen-bond donors (Lipinski definition) is 1. The normalized spacial score (nSPS) is 17.4. The Morgan fingerprint density at radius 3 is 2.88 bits per heavy atom. The summed E-state index contributed by atoms with van der Waals surface area (Å²) in [6, 6.07) is 2.10. The van der Waals surface area contributed by atoms with Crippen LogP contribution < -0.4 is 10.2 Å². The van der Waals surface area contributed by atoms with Crippen molar-refractivity contribution >= 4 is 21.6 Å². The molecule has 4 heteroatoms. The maximum absolute atomic E-state index is 4.11. The summed E-state index contributed by atoms with van der Waals surface area (Å²) in [5.41, 5.74) is 1.28. The van der Waals surface area contributed by atoms with Gasteiger partial charge in [0.05, 0.1) is 10.2 Å². The zero-order chi connectivity index (χ0) is 12.1. The molecule has 0 spiro atoms. The largest absolute Gasteiger partial charge is 0.371 e. The summed E-state index contributed by atoms with van der Waals surface area (Å²) >= 11 is 3.57. The van der Waals surface area contributed by atoms with Gasteiger partial charge in [-0.25, -0.2) is 0 Å². The van der Waals surface area contributed by atoms with Crippen molar-refractivity contribution in [3.63, 3.8) is 0 Å². The highest BCUT2D eigenvalue weighted by Crippen LogP contribution is 2.29. The Hall–Kier alpha value is -0.610. The SMILES string of the molecule is CNCCC1CCN(c2ccncc2Br)CC1. The third kappa shape index (κ3) is 3.42. The number of halogens is 1. The van der Waals surface area contributed by atoms with E-state index in [1.165, 1.54) is 24.9 Å². The first kappa shape index (κ1) is 12.8. The van der Waals surface area contributed by atoms with Gasteiger partial charge in [-0.3, -0.25) is 4.98 Å². The van der Waals surface area contributed by atoms with E-state index in [-0.39, 0.29) is 0 Å². The monoisotopic (exact) mass is 297 g/mol. The van der Waals surface area contributed by atoms with Gasteiger partial charge in [-0.05, 0) is 60.8 Å². The molecule has 17 heavy (non-hydrogen) atoms. The van der Waals surface area contributed by atoms with Crippen molar-refractivity contribution < 1.29 is 0 Å². The number of aromatic nitrogens is 1. The van der Waals surface area contributed by atoms with Gasteiger partial charge in [0, 0.05) is 25.5 Å². The lowest BCUT2D eigenvalue weighted by Gasteiger charge is -2.34. The highest BCUT2D eigenvalue weighted by atomic mass is 79.9. The molecule has 94 valence electrons. The summed E-state index contributed by atoms with van der Waals surface area (Å²) in [4.78, 5) is 6.57. The van der Waals surface area contributed by atoms with Crippen LogP contribution in [0, 0.1) is 5.92 Å². The van der Waals surface area contributed by atoms with E-state index in [9.17, 15) is 0 Å². The quantitative estimate of drug-likeness (QED) is 0.926. The minimum Gasteiger partial charge on any atom is -0.371 e. The fourth-order valence-corrected chi connectivity index (χ4v) is 2.94. The molecule has 0 bridgehead atoms. The zero-order valence-electron chi connectivity index (χ0n) is 10.3. The van der Waals surface area contributed by atoms with E-state index in [0.717, 1.165) is 30.0 Å². The fourth-order valence-electron chi connectivity index (χ4n) is 2.44. The number of anilines is 1.